The predicted molar refractivity (Wildman–Crippen MR) is 85.2 cm³/mol. The standard InChI is InChI=1S/C13H17N5.C2HF3O2/c1-2-6-14-10(4-1)8-17-12-9-16-11-5-3-7-15-13(11)18-12;3-2(4,5)1(6)7/h3,5,7,9-10,14H,1-2,4,6,8H2,(H,15,17,18);(H,6,7). The molecule has 0 saturated carbocycles. The molecule has 1 aliphatic heterocycles. The SMILES string of the molecule is O=C(O)C(F)(F)F.c1cnc2nc(NCC3CCCCN3)cnc2c1. The average molecular weight is 357 g/mol. The number of nitrogens with one attached hydrogen (secondary N) is 2. The molecular formula is C15H18F3N5O2. The number of carboxylic acids is 1. The number of nitrogens with zero attached hydrogens (tertiary/aromatic N) is 3. The topological polar surface area (TPSA) is 100 Å². The normalized spacial score (nSPS) is 17.5. The first-order chi connectivity index (χ1) is 11.9. The van der Waals surface area contributed by atoms with Crippen LogP contribution in [0.4, 0.5) is 19.0 Å². The summed E-state index contributed by atoms with van der Waals surface area (Å²) >= 11 is 0. The fourth-order valence-corrected chi connectivity index (χ4v) is 2.26. The summed E-state index contributed by atoms with van der Waals surface area (Å²) in [6.45, 7) is 2.02. The first-order valence-electron chi connectivity index (χ1n) is 7.71. The second-order valence-corrected chi connectivity index (χ2v) is 5.43. The highest BCUT2D eigenvalue weighted by Crippen LogP contribution is 2.13. The summed E-state index contributed by atoms with van der Waals surface area (Å²) in [4.78, 5) is 21.9. The lowest BCUT2D eigenvalue weighted by atomic mass is 10.1. The first kappa shape index (κ1) is 18.8. The minimum absolute atomic E-state index is 0.542. The monoisotopic (exact) mass is 357 g/mol. The highest BCUT2D eigenvalue weighted by Gasteiger charge is 2.38. The van der Waals surface area contributed by atoms with Gasteiger partial charge in [0.15, 0.2) is 5.65 Å². The van der Waals surface area contributed by atoms with Crippen LogP contribution in [0.5, 0.6) is 0 Å². The van der Waals surface area contributed by atoms with Gasteiger partial charge in [-0.1, -0.05) is 6.42 Å². The maximum absolute atomic E-state index is 10.6. The summed E-state index contributed by atoms with van der Waals surface area (Å²) in [5, 5.41) is 14.0. The van der Waals surface area contributed by atoms with Crippen molar-refractivity contribution in [2.45, 2.75) is 31.5 Å². The van der Waals surface area contributed by atoms with Gasteiger partial charge < -0.3 is 15.7 Å². The lowest BCUT2D eigenvalue weighted by Crippen LogP contribution is -2.39. The van der Waals surface area contributed by atoms with Crippen molar-refractivity contribution >= 4 is 23.0 Å². The van der Waals surface area contributed by atoms with E-state index >= 15 is 0 Å². The van der Waals surface area contributed by atoms with Crippen LogP contribution in [0, 0.1) is 0 Å². The van der Waals surface area contributed by atoms with Gasteiger partial charge in [-0.2, -0.15) is 13.2 Å². The third-order valence-electron chi connectivity index (χ3n) is 3.50. The largest absolute Gasteiger partial charge is 0.490 e. The number of rotatable bonds is 3. The van der Waals surface area contributed by atoms with E-state index in [9.17, 15) is 13.2 Å². The Labute approximate surface area is 141 Å². The molecule has 1 atom stereocenters. The molecule has 1 unspecified atom stereocenters. The summed E-state index contributed by atoms with van der Waals surface area (Å²) in [6, 6.07) is 4.33. The summed E-state index contributed by atoms with van der Waals surface area (Å²) in [5.74, 6) is -1.96. The number of pyridine rings is 1. The van der Waals surface area contributed by atoms with Crippen LogP contribution in [0.2, 0.25) is 0 Å². The molecule has 1 saturated heterocycles. The minimum Gasteiger partial charge on any atom is -0.475 e. The van der Waals surface area contributed by atoms with Crippen LogP contribution in [0.15, 0.2) is 24.5 Å². The molecule has 1 fully saturated rings. The summed E-state index contributed by atoms with van der Waals surface area (Å²) in [5.41, 5.74) is 1.53. The summed E-state index contributed by atoms with van der Waals surface area (Å²) in [7, 11) is 0. The van der Waals surface area contributed by atoms with Gasteiger partial charge in [0.05, 0.1) is 6.20 Å². The zero-order valence-corrected chi connectivity index (χ0v) is 13.3. The number of alkyl halides is 3. The van der Waals surface area contributed by atoms with Crippen molar-refractivity contribution in [3.63, 3.8) is 0 Å². The smallest absolute Gasteiger partial charge is 0.475 e. The number of hydrogen-bond donors (Lipinski definition) is 3. The Morgan fingerprint density at radius 3 is 2.76 bits per heavy atom. The molecule has 1 aliphatic rings. The molecule has 0 aromatic carbocycles. The first-order valence-corrected chi connectivity index (χ1v) is 7.71. The van der Waals surface area contributed by atoms with Gasteiger partial charge in [-0.25, -0.2) is 19.7 Å². The molecular weight excluding hydrogens is 339 g/mol. The van der Waals surface area contributed by atoms with Gasteiger partial charge in [-0.15, -0.1) is 0 Å². The van der Waals surface area contributed by atoms with E-state index in [0.29, 0.717) is 11.7 Å². The molecule has 0 amide bonds. The third kappa shape index (κ3) is 6.14. The molecule has 25 heavy (non-hydrogen) atoms. The number of hydrogen-bond acceptors (Lipinski definition) is 6. The van der Waals surface area contributed by atoms with E-state index in [1.807, 2.05) is 12.1 Å². The van der Waals surface area contributed by atoms with Crippen molar-refractivity contribution in [3.8, 4) is 0 Å². The highest BCUT2D eigenvalue weighted by molar-refractivity contribution is 5.73. The van der Waals surface area contributed by atoms with E-state index in [4.69, 9.17) is 9.90 Å². The summed E-state index contributed by atoms with van der Waals surface area (Å²) < 4.78 is 31.7. The van der Waals surface area contributed by atoms with Crippen LogP contribution in [0.25, 0.3) is 11.2 Å². The van der Waals surface area contributed by atoms with Crippen molar-refractivity contribution in [2.24, 2.45) is 0 Å². The second kappa shape index (κ2) is 8.56. The number of piperidine rings is 1. The Balaban J connectivity index is 0.000000277. The molecule has 2 aromatic rings. The van der Waals surface area contributed by atoms with Gasteiger partial charge in [0.1, 0.15) is 11.3 Å². The maximum atomic E-state index is 10.6. The molecule has 0 aliphatic carbocycles. The van der Waals surface area contributed by atoms with Crippen molar-refractivity contribution in [1.82, 2.24) is 20.3 Å². The molecule has 0 bridgehead atoms. The van der Waals surface area contributed by atoms with E-state index < -0.39 is 12.1 Å². The molecule has 0 spiro atoms. The highest BCUT2D eigenvalue weighted by atomic mass is 19.4. The zero-order valence-electron chi connectivity index (χ0n) is 13.3. The fourth-order valence-electron chi connectivity index (χ4n) is 2.26. The van der Waals surface area contributed by atoms with Crippen molar-refractivity contribution in [3.05, 3.63) is 24.5 Å². The van der Waals surface area contributed by atoms with Gasteiger partial charge in [-0.05, 0) is 31.5 Å². The van der Waals surface area contributed by atoms with Crippen molar-refractivity contribution in [1.29, 1.82) is 0 Å². The van der Waals surface area contributed by atoms with Crippen LogP contribution in [-0.4, -0.2) is 51.3 Å². The van der Waals surface area contributed by atoms with Crippen LogP contribution in [-0.2, 0) is 4.79 Å². The number of aliphatic carboxylic acids is 1. The van der Waals surface area contributed by atoms with Crippen molar-refractivity contribution in [2.75, 3.05) is 18.4 Å². The van der Waals surface area contributed by atoms with Crippen LogP contribution in [0.1, 0.15) is 19.3 Å². The number of carboxylic acid groups (broad SMARTS) is 1. The number of anilines is 1. The van der Waals surface area contributed by atoms with Gasteiger partial charge in [0.2, 0.25) is 0 Å². The van der Waals surface area contributed by atoms with Gasteiger partial charge in [0, 0.05) is 18.8 Å². The number of aromatic nitrogens is 3. The van der Waals surface area contributed by atoms with Crippen LogP contribution < -0.4 is 10.6 Å². The molecule has 3 N–H and O–H groups in total. The molecule has 2 aromatic heterocycles. The van der Waals surface area contributed by atoms with Crippen LogP contribution >= 0.6 is 0 Å². The van der Waals surface area contributed by atoms with Gasteiger partial charge >= 0.3 is 12.1 Å². The fraction of sp³-hybridized carbons (Fsp3) is 0.467. The van der Waals surface area contributed by atoms with E-state index in [-0.39, 0.29) is 0 Å². The number of halogens is 3. The maximum Gasteiger partial charge on any atom is 0.490 e. The van der Waals surface area contributed by atoms with E-state index in [2.05, 4.69) is 25.6 Å². The Morgan fingerprint density at radius 1 is 1.36 bits per heavy atom. The predicted octanol–water partition coefficient (Wildman–Crippen LogP) is 2.21. The van der Waals surface area contributed by atoms with E-state index in [0.717, 1.165) is 24.4 Å². The van der Waals surface area contributed by atoms with Crippen molar-refractivity contribution < 1.29 is 23.1 Å². The lowest BCUT2D eigenvalue weighted by molar-refractivity contribution is -0.192. The minimum atomic E-state index is -5.08. The van der Waals surface area contributed by atoms with E-state index in [1.54, 1.807) is 12.4 Å². The number of fused-ring (bicyclic) bond motifs is 1. The third-order valence-corrected chi connectivity index (χ3v) is 3.50. The van der Waals surface area contributed by atoms with Gasteiger partial charge in [0.25, 0.3) is 0 Å². The lowest BCUT2D eigenvalue weighted by Gasteiger charge is -2.23. The molecule has 136 valence electrons. The van der Waals surface area contributed by atoms with Crippen LogP contribution in [0.3, 0.4) is 0 Å². The summed E-state index contributed by atoms with van der Waals surface area (Å²) in [6.07, 6.45) is 2.25. The van der Waals surface area contributed by atoms with E-state index in [1.165, 1.54) is 19.3 Å². The Bertz CT molecular complexity index is 705. The molecule has 3 heterocycles. The molecule has 10 heteroatoms. The second-order valence-electron chi connectivity index (χ2n) is 5.43. The average Bonchev–Trinajstić information content (AvgIpc) is 2.60. The Kier molecular flexibility index (Phi) is 6.45. The van der Waals surface area contributed by atoms with Gasteiger partial charge in [-0.3, -0.25) is 0 Å². The molecule has 3 rings (SSSR count). The zero-order chi connectivity index (χ0) is 18.3. The molecule has 0 radical (unpaired) electrons. The number of carbonyl (C=O) groups is 1. The quantitative estimate of drug-likeness (QED) is 0.774. The Hall–Kier alpha value is -2.49. The molecule has 7 nitrogen and oxygen atoms in total. The Morgan fingerprint density at radius 2 is 2.12 bits per heavy atom.